The van der Waals surface area contributed by atoms with Gasteiger partial charge in [0, 0.05) is 29.5 Å². The van der Waals surface area contributed by atoms with E-state index in [9.17, 15) is 9.59 Å². The first-order chi connectivity index (χ1) is 9.92. The fourth-order valence-electron chi connectivity index (χ4n) is 1.89. The van der Waals surface area contributed by atoms with E-state index in [0.717, 1.165) is 4.47 Å². The number of carbonyl (C=O) groups excluding carboxylic acids is 1. The normalized spacial score (nSPS) is 10.2. The van der Waals surface area contributed by atoms with Crippen LogP contribution < -0.4 is 10.1 Å². The number of nitrogens with one attached hydrogen (secondary N) is 1. The number of aryl methyl sites for hydroxylation is 1. The number of hydrogen-bond donors (Lipinski definition) is 2. The number of methoxy groups -OCH3 is 1. The fourth-order valence-corrected chi connectivity index (χ4v) is 2.41. The molecule has 0 aliphatic carbocycles. The lowest BCUT2D eigenvalue weighted by Gasteiger charge is -2.09. The molecule has 1 aromatic heterocycles. The van der Waals surface area contributed by atoms with E-state index in [0.29, 0.717) is 11.4 Å². The predicted octanol–water partition coefficient (Wildman–Crippen LogP) is 2.75. The van der Waals surface area contributed by atoms with E-state index >= 15 is 0 Å². The third kappa shape index (κ3) is 3.25. The summed E-state index contributed by atoms with van der Waals surface area (Å²) in [5, 5.41) is 11.7. The monoisotopic (exact) mass is 352 g/mol. The van der Waals surface area contributed by atoms with E-state index in [-0.39, 0.29) is 17.2 Å². The Hall–Kier alpha value is -2.28. The second-order valence-electron chi connectivity index (χ2n) is 4.33. The van der Waals surface area contributed by atoms with Crippen LogP contribution in [0.1, 0.15) is 20.8 Å². The Labute approximate surface area is 129 Å². The zero-order chi connectivity index (χ0) is 15.6. The minimum absolute atomic E-state index is 0.0390. The van der Waals surface area contributed by atoms with Crippen molar-refractivity contribution in [3.05, 3.63) is 46.2 Å². The van der Waals surface area contributed by atoms with Crippen molar-refractivity contribution in [3.8, 4) is 5.75 Å². The van der Waals surface area contributed by atoms with Gasteiger partial charge in [-0.2, -0.15) is 0 Å². The molecule has 0 saturated carbocycles. The Balaban J connectivity index is 2.26. The zero-order valence-electron chi connectivity index (χ0n) is 11.4. The van der Waals surface area contributed by atoms with Gasteiger partial charge in [0.25, 0.3) is 5.91 Å². The van der Waals surface area contributed by atoms with E-state index in [1.807, 2.05) is 0 Å². The minimum Gasteiger partial charge on any atom is -0.496 e. The van der Waals surface area contributed by atoms with Crippen LogP contribution in [0.5, 0.6) is 5.75 Å². The van der Waals surface area contributed by atoms with E-state index in [1.54, 1.807) is 23.9 Å². The highest BCUT2D eigenvalue weighted by atomic mass is 79.9. The molecule has 0 aliphatic heterocycles. The molecule has 0 saturated heterocycles. The van der Waals surface area contributed by atoms with Crippen LogP contribution in [0.2, 0.25) is 0 Å². The Morgan fingerprint density at radius 3 is 2.57 bits per heavy atom. The molecule has 2 aromatic rings. The Kier molecular flexibility index (Phi) is 4.32. The maximum atomic E-state index is 12.2. The molecule has 0 radical (unpaired) electrons. The average Bonchev–Trinajstić information content (AvgIpc) is 2.77. The molecular formula is C14H13BrN2O4. The summed E-state index contributed by atoms with van der Waals surface area (Å²) in [5.74, 6) is -1.20. The van der Waals surface area contributed by atoms with Crippen LogP contribution in [-0.2, 0) is 7.05 Å². The van der Waals surface area contributed by atoms with Crippen LogP contribution in [0.4, 0.5) is 5.69 Å². The van der Waals surface area contributed by atoms with Gasteiger partial charge in [-0.3, -0.25) is 4.79 Å². The van der Waals surface area contributed by atoms with Gasteiger partial charge in [-0.25, -0.2) is 4.79 Å². The number of rotatable bonds is 4. The summed E-state index contributed by atoms with van der Waals surface area (Å²) in [6.07, 6.45) is 1.77. The summed E-state index contributed by atoms with van der Waals surface area (Å²) in [7, 11) is 3.13. The molecule has 2 rings (SSSR count). The molecule has 0 aliphatic rings. The van der Waals surface area contributed by atoms with Crippen LogP contribution in [0.15, 0.2) is 34.9 Å². The number of carboxylic acids is 1. The van der Waals surface area contributed by atoms with Crippen molar-refractivity contribution in [3.63, 3.8) is 0 Å². The zero-order valence-corrected chi connectivity index (χ0v) is 13.0. The van der Waals surface area contributed by atoms with Crippen LogP contribution in [0.25, 0.3) is 0 Å². The number of benzene rings is 1. The highest BCUT2D eigenvalue weighted by molar-refractivity contribution is 9.10. The number of carbonyl (C=O) groups is 2. The van der Waals surface area contributed by atoms with Gasteiger partial charge in [-0.05, 0) is 34.1 Å². The molecule has 1 amide bonds. The summed E-state index contributed by atoms with van der Waals surface area (Å²) in [5.41, 5.74) is 0.972. The Bertz CT molecular complexity index is 709. The predicted molar refractivity (Wildman–Crippen MR) is 81.0 cm³/mol. The summed E-state index contributed by atoms with van der Waals surface area (Å²) in [6, 6.07) is 6.07. The highest BCUT2D eigenvalue weighted by Crippen LogP contribution is 2.24. The molecule has 2 N–H and O–H groups in total. The number of hydrogen-bond acceptors (Lipinski definition) is 3. The van der Waals surface area contributed by atoms with Crippen LogP contribution >= 0.6 is 15.9 Å². The molecule has 0 atom stereocenters. The minimum atomic E-state index is -1.09. The van der Waals surface area contributed by atoms with Gasteiger partial charge >= 0.3 is 5.97 Å². The quantitative estimate of drug-likeness (QED) is 0.886. The third-order valence-electron chi connectivity index (χ3n) is 2.89. The summed E-state index contributed by atoms with van der Waals surface area (Å²) in [4.78, 5) is 23.2. The smallest absolute Gasteiger partial charge is 0.339 e. The molecule has 7 heteroatoms. The first kappa shape index (κ1) is 15.1. The fraction of sp³-hybridized carbons (Fsp3) is 0.143. The van der Waals surface area contributed by atoms with Crippen molar-refractivity contribution in [1.82, 2.24) is 4.57 Å². The van der Waals surface area contributed by atoms with Crippen molar-refractivity contribution >= 4 is 33.5 Å². The second kappa shape index (κ2) is 6.01. The Morgan fingerprint density at radius 2 is 2.05 bits per heavy atom. The first-order valence-electron chi connectivity index (χ1n) is 5.97. The maximum absolute atomic E-state index is 12.2. The number of aromatic carboxylic acids is 1. The molecule has 1 heterocycles. The Morgan fingerprint density at radius 1 is 1.33 bits per heavy atom. The van der Waals surface area contributed by atoms with Crippen LogP contribution in [0, 0.1) is 0 Å². The molecule has 0 spiro atoms. The molecular weight excluding hydrogens is 340 g/mol. The van der Waals surface area contributed by atoms with Gasteiger partial charge in [-0.1, -0.05) is 0 Å². The van der Waals surface area contributed by atoms with Crippen molar-refractivity contribution in [2.24, 2.45) is 7.05 Å². The molecule has 1 aromatic carbocycles. The van der Waals surface area contributed by atoms with Gasteiger partial charge in [0.15, 0.2) is 0 Å². The van der Waals surface area contributed by atoms with Gasteiger partial charge in [0.1, 0.15) is 17.0 Å². The average molecular weight is 353 g/mol. The van der Waals surface area contributed by atoms with Crippen LogP contribution in [-0.4, -0.2) is 28.7 Å². The van der Waals surface area contributed by atoms with E-state index in [2.05, 4.69) is 21.2 Å². The summed E-state index contributed by atoms with van der Waals surface area (Å²) >= 11 is 3.30. The molecule has 0 bridgehead atoms. The lowest BCUT2D eigenvalue weighted by atomic mass is 10.2. The van der Waals surface area contributed by atoms with Gasteiger partial charge in [0.2, 0.25) is 0 Å². The van der Waals surface area contributed by atoms with Gasteiger partial charge in [0.05, 0.1) is 7.11 Å². The number of carboxylic acid groups (broad SMARTS) is 1. The summed E-state index contributed by atoms with van der Waals surface area (Å²) < 4.78 is 7.50. The maximum Gasteiger partial charge on any atom is 0.339 e. The van der Waals surface area contributed by atoms with E-state index in [4.69, 9.17) is 9.84 Å². The number of ether oxygens (including phenoxy) is 1. The molecule has 110 valence electrons. The number of aromatic nitrogens is 1. The van der Waals surface area contributed by atoms with Crippen LogP contribution in [0.3, 0.4) is 0 Å². The lowest BCUT2D eigenvalue weighted by Crippen LogP contribution is -2.15. The van der Waals surface area contributed by atoms with Crippen molar-refractivity contribution in [1.29, 1.82) is 0 Å². The number of anilines is 1. The second-order valence-corrected chi connectivity index (χ2v) is 5.24. The molecule has 21 heavy (non-hydrogen) atoms. The standard InChI is InChI=1S/C14H13BrN2O4/c1-17-7-8(15)5-11(17)13(18)16-9-3-4-10(14(19)20)12(6-9)21-2/h3-7H,1-2H3,(H,16,18)(H,19,20). The van der Waals surface area contributed by atoms with E-state index < -0.39 is 5.97 Å². The van der Waals surface area contributed by atoms with Crippen molar-refractivity contribution in [2.45, 2.75) is 0 Å². The van der Waals surface area contributed by atoms with Gasteiger partial charge in [-0.15, -0.1) is 0 Å². The van der Waals surface area contributed by atoms with E-state index in [1.165, 1.54) is 25.3 Å². The first-order valence-corrected chi connectivity index (χ1v) is 6.76. The topological polar surface area (TPSA) is 80.6 Å². The molecule has 6 nitrogen and oxygen atoms in total. The largest absolute Gasteiger partial charge is 0.496 e. The molecule has 0 unspecified atom stereocenters. The third-order valence-corrected chi connectivity index (χ3v) is 3.33. The molecule has 0 fully saturated rings. The number of nitrogens with zero attached hydrogens (tertiary/aromatic N) is 1. The number of halogens is 1. The van der Waals surface area contributed by atoms with Gasteiger partial charge < -0.3 is 19.7 Å². The number of amides is 1. The van der Waals surface area contributed by atoms with Crippen molar-refractivity contribution < 1.29 is 19.4 Å². The SMILES string of the molecule is COc1cc(NC(=O)c2cc(Br)cn2C)ccc1C(=O)O. The summed E-state index contributed by atoms with van der Waals surface area (Å²) in [6.45, 7) is 0. The van der Waals surface area contributed by atoms with Crippen molar-refractivity contribution in [2.75, 3.05) is 12.4 Å². The highest BCUT2D eigenvalue weighted by Gasteiger charge is 2.14. The lowest BCUT2D eigenvalue weighted by molar-refractivity contribution is 0.0693.